The summed E-state index contributed by atoms with van der Waals surface area (Å²) in [6, 6.07) is 10.9. The van der Waals surface area contributed by atoms with E-state index >= 15 is 0 Å². The van der Waals surface area contributed by atoms with Crippen LogP contribution in [0.5, 0.6) is 0 Å². The summed E-state index contributed by atoms with van der Waals surface area (Å²) in [6.45, 7) is 8.26. The Balaban J connectivity index is 1.56. The van der Waals surface area contributed by atoms with Crippen LogP contribution in [-0.2, 0) is 0 Å². The van der Waals surface area contributed by atoms with Gasteiger partial charge in [0.15, 0.2) is 0 Å². The normalized spacial score (nSPS) is 17.2. The minimum absolute atomic E-state index is 0.0573. The molecular formula is C21H27N3O. The fourth-order valence-electron chi connectivity index (χ4n) is 3.53. The van der Waals surface area contributed by atoms with Crippen LogP contribution in [0.3, 0.4) is 0 Å². The Bertz CT molecular complexity index is 721. The second-order valence-corrected chi connectivity index (χ2v) is 7.06. The van der Waals surface area contributed by atoms with Gasteiger partial charge in [-0.2, -0.15) is 0 Å². The molecule has 0 saturated carbocycles. The van der Waals surface area contributed by atoms with Gasteiger partial charge in [0, 0.05) is 43.1 Å². The van der Waals surface area contributed by atoms with Crippen LogP contribution in [0, 0.1) is 13.8 Å². The van der Waals surface area contributed by atoms with Crippen LogP contribution in [0.25, 0.3) is 0 Å². The van der Waals surface area contributed by atoms with Gasteiger partial charge in [0.25, 0.3) is 5.91 Å². The number of pyridine rings is 1. The molecule has 1 aromatic heterocycles. The Labute approximate surface area is 150 Å². The Morgan fingerprint density at radius 3 is 2.52 bits per heavy atom. The molecule has 0 spiro atoms. The number of nitrogens with zero attached hydrogens (tertiary/aromatic N) is 2. The molecule has 0 aliphatic carbocycles. The molecule has 132 valence electrons. The number of piperidine rings is 1. The number of aromatic nitrogens is 1. The molecular weight excluding hydrogens is 310 g/mol. The van der Waals surface area contributed by atoms with Gasteiger partial charge in [0.1, 0.15) is 0 Å². The van der Waals surface area contributed by atoms with Gasteiger partial charge in [-0.15, -0.1) is 0 Å². The van der Waals surface area contributed by atoms with Crippen LogP contribution >= 0.6 is 0 Å². The molecule has 4 heteroatoms. The zero-order valence-corrected chi connectivity index (χ0v) is 15.3. The minimum atomic E-state index is 0.0573. The minimum Gasteiger partial charge on any atom is -0.349 e. The van der Waals surface area contributed by atoms with Crippen molar-refractivity contribution >= 4 is 5.91 Å². The summed E-state index contributed by atoms with van der Waals surface area (Å²) in [7, 11) is 0. The summed E-state index contributed by atoms with van der Waals surface area (Å²) in [4.78, 5) is 19.2. The summed E-state index contributed by atoms with van der Waals surface area (Å²) in [5, 5.41) is 3.23. The third kappa shape index (κ3) is 4.26. The van der Waals surface area contributed by atoms with Gasteiger partial charge in [0.05, 0.1) is 0 Å². The van der Waals surface area contributed by atoms with E-state index in [0.29, 0.717) is 6.04 Å². The molecule has 1 aliphatic heterocycles. The van der Waals surface area contributed by atoms with Crippen molar-refractivity contribution in [3.05, 3.63) is 65.0 Å². The first kappa shape index (κ1) is 17.6. The molecule has 1 N–H and O–H groups in total. The molecule has 2 aromatic rings. The van der Waals surface area contributed by atoms with Gasteiger partial charge in [-0.3, -0.25) is 14.7 Å². The van der Waals surface area contributed by atoms with Gasteiger partial charge in [-0.25, -0.2) is 0 Å². The predicted octanol–water partition coefficient (Wildman–Crippen LogP) is 3.65. The average Bonchev–Trinajstić information content (AvgIpc) is 2.64. The highest BCUT2D eigenvalue weighted by atomic mass is 16.1. The number of carbonyl (C=O) groups excluding carboxylic acids is 1. The van der Waals surface area contributed by atoms with Crippen molar-refractivity contribution in [3.63, 3.8) is 0 Å². The van der Waals surface area contributed by atoms with Gasteiger partial charge in [0.2, 0.25) is 0 Å². The number of carbonyl (C=O) groups is 1. The average molecular weight is 337 g/mol. The van der Waals surface area contributed by atoms with Crippen LogP contribution in [0.2, 0.25) is 0 Å². The van der Waals surface area contributed by atoms with Crippen LogP contribution in [0.4, 0.5) is 0 Å². The largest absolute Gasteiger partial charge is 0.349 e. The lowest BCUT2D eigenvalue weighted by molar-refractivity contribution is 0.0895. The van der Waals surface area contributed by atoms with E-state index in [1.165, 1.54) is 5.56 Å². The fourth-order valence-corrected chi connectivity index (χ4v) is 3.53. The fraction of sp³-hybridized carbons (Fsp3) is 0.429. The molecule has 25 heavy (non-hydrogen) atoms. The quantitative estimate of drug-likeness (QED) is 0.926. The zero-order chi connectivity index (χ0) is 17.8. The number of amides is 1. The number of hydrogen-bond donors (Lipinski definition) is 1. The molecule has 1 saturated heterocycles. The Morgan fingerprint density at radius 1 is 1.16 bits per heavy atom. The maximum absolute atomic E-state index is 12.6. The van der Waals surface area contributed by atoms with E-state index < -0.39 is 0 Å². The van der Waals surface area contributed by atoms with Crippen molar-refractivity contribution in [1.82, 2.24) is 15.2 Å². The summed E-state index contributed by atoms with van der Waals surface area (Å²) in [6.07, 6.45) is 5.68. The highest BCUT2D eigenvalue weighted by Gasteiger charge is 2.25. The topological polar surface area (TPSA) is 45.2 Å². The van der Waals surface area contributed by atoms with Crippen molar-refractivity contribution in [2.45, 2.75) is 45.7 Å². The smallest absolute Gasteiger partial charge is 0.251 e. The summed E-state index contributed by atoms with van der Waals surface area (Å²) in [5.41, 5.74) is 4.25. The molecule has 1 amide bonds. The van der Waals surface area contributed by atoms with Crippen molar-refractivity contribution in [2.24, 2.45) is 0 Å². The van der Waals surface area contributed by atoms with E-state index in [-0.39, 0.29) is 11.9 Å². The second-order valence-electron chi connectivity index (χ2n) is 7.06. The first-order valence-corrected chi connectivity index (χ1v) is 9.06. The summed E-state index contributed by atoms with van der Waals surface area (Å²) >= 11 is 0. The van der Waals surface area contributed by atoms with Crippen LogP contribution in [-0.4, -0.2) is 34.9 Å². The Hall–Kier alpha value is -2.20. The van der Waals surface area contributed by atoms with Crippen LogP contribution < -0.4 is 5.32 Å². The molecule has 0 bridgehead atoms. The first-order chi connectivity index (χ1) is 12.0. The van der Waals surface area contributed by atoms with Gasteiger partial charge in [-0.1, -0.05) is 17.7 Å². The third-order valence-electron chi connectivity index (χ3n) is 5.24. The number of nitrogens with one attached hydrogen (secondary N) is 1. The lowest BCUT2D eigenvalue weighted by Crippen LogP contribution is -2.45. The first-order valence-electron chi connectivity index (χ1n) is 9.06. The van der Waals surface area contributed by atoms with Gasteiger partial charge in [-0.05, 0) is 62.9 Å². The highest BCUT2D eigenvalue weighted by molar-refractivity contribution is 5.96. The van der Waals surface area contributed by atoms with E-state index in [1.54, 1.807) is 0 Å². The Morgan fingerprint density at radius 2 is 1.84 bits per heavy atom. The molecule has 1 aliphatic rings. The van der Waals surface area contributed by atoms with Crippen molar-refractivity contribution in [2.75, 3.05) is 13.1 Å². The Kier molecular flexibility index (Phi) is 5.49. The maximum atomic E-state index is 12.6. The molecule has 1 atom stereocenters. The molecule has 1 unspecified atom stereocenters. The maximum Gasteiger partial charge on any atom is 0.251 e. The molecule has 1 aromatic carbocycles. The van der Waals surface area contributed by atoms with Crippen molar-refractivity contribution in [3.8, 4) is 0 Å². The monoisotopic (exact) mass is 337 g/mol. The molecule has 4 nitrogen and oxygen atoms in total. The summed E-state index contributed by atoms with van der Waals surface area (Å²) < 4.78 is 0. The van der Waals surface area contributed by atoms with Gasteiger partial charge >= 0.3 is 0 Å². The molecule has 3 rings (SSSR count). The third-order valence-corrected chi connectivity index (χ3v) is 5.24. The van der Waals surface area contributed by atoms with E-state index in [9.17, 15) is 4.79 Å². The highest BCUT2D eigenvalue weighted by Crippen LogP contribution is 2.24. The molecule has 2 heterocycles. The zero-order valence-electron chi connectivity index (χ0n) is 15.3. The molecule has 0 radical (unpaired) electrons. The van der Waals surface area contributed by atoms with Crippen LogP contribution in [0.15, 0.2) is 42.7 Å². The van der Waals surface area contributed by atoms with Crippen LogP contribution in [0.1, 0.15) is 52.9 Å². The van der Waals surface area contributed by atoms with E-state index in [4.69, 9.17) is 0 Å². The number of hydrogen-bond acceptors (Lipinski definition) is 3. The van der Waals surface area contributed by atoms with Crippen molar-refractivity contribution < 1.29 is 4.79 Å². The number of benzene rings is 1. The summed E-state index contributed by atoms with van der Waals surface area (Å²) in [5.74, 6) is 0.0573. The molecule has 1 fully saturated rings. The van der Waals surface area contributed by atoms with E-state index in [0.717, 1.165) is 42.6 Å². The second kappa shape index (κ2) is 7.79. The van der Waals surface area contributed by atoms with E-state index in [2.05, 4.69) is 34.3 Å². The number of likely N-dealkylation sites (tertiary alicyclic amines) is 1. The SMILES string of the molecule is Cc1ccc(C)c(C(=O)NC2CCN(C(C)c3ccncc3)CC2)c1. The van der Waals surface area contributed by atoms with Gasteiger partial charge < -0.3 is 5.32 Å². The standard InChI is InChI=1S/C21H27N3O/c1-15-4-5-16(2)20(14-15)21(25)23-19-8-12-24(13-9-19)17(3)18-6-10-22-11-7-18/h4-7,10-11,14,17,19H,8-9,12-13H2,1-3H3,(H,23,25). The number of aryl methyl sites for hydroxylation is 2. The lowest BCUT2D eigenvalue weighted by Gasteiger charge is -2.36. The lowest BCUT2D eigenvalue weighted by atomic mass is 9.99. The predicted molar refractivity (Wildman–Crippen MR) is 101 cm³/mol. The number of rotatable bonds is 4. The van der Waals surface area contributed by atoms with Crippen molar-refractivity contribution in [1.29, 1.82) is 0 Å². The van der Waals surface area contributed by atoms with E-state index in [1.807, 2.05) is 44.4 Å².